The molecule has 0 bridgehead atoms. The molecule has 1 rings (SSSR count). The fraction of sp³-hybridized carbons (Fsp3) is 0. The van der Waals surface area contributed by atoms with Crippen LogP contribution in [-0.4, -0.2) is 41.4 Å². The SMILES string of the molecule is NNC(=O)c1cccc(N)c1C(=O)NN.[NaH]. The number of anilines is 1. The van der Waals surface area contributed by atoms with Crippen LogP contribution in [-0.2, 0) is 0 Å². The van der Waals surface area contributed by atoms with E-state index in [1.165, 1.54) is 18.2 Å². The van der Waals surface area contributed by atoms with Gasteiger partial charge < -0.3 is 5.73 Å². The van der Waals surface area contributed by atoms with Crippen molar-refractivity contribution in [3.8, 4) is 0 Å². The quantitative estimate of drug-likeness (QED) is 0.130. The van der Waals surface area contributed by atoms with Crippen molar-refractivity contribution in [3.63, 3.8) is 0 Å². The molecule has 0 saturated carbocycles. The van der Waals surface area contributed by atoms with Gasteiger partial charge in [0, 0.05) is 5.69 Å². The van der Waals surface area contributed by atoms with E-state index in [9.17, 15) is 9.59 Å². The average Bonchev–Trinajstić information content (AvgIpc) is 2.26. The Morgan fingerprint density at radius 3 is 2.12 bits per heavy atom. The molecular formula is C8H12N5NaO2. The van der Waals surface area contributed by atoms with E-state index in [1.54, 1.807) is 0 Å². The van der Waals surface area contributed by atoms with E-state index < -0.39 is 11.8 Å². The molecule has 0 saturated heterocycles. The third-order valence-electron chi connectivity index (χ3n) is 1.83. The summed E-state index contributed by atoms with van der Waals surface area (Å²) in [4.78, 5) is 22.6. The van der Waals surface area contributed by atoms with Crippen molar-refractivity contribution in [1.82, 2.24) is 10.9 Å². The monoisotopic (exact) mass is 233 g/mol. The van der Waals surface area contributed by atoms with E-state index in [4.69, 9.17) is 17.4 Å². The summed E-state index contributed by atoms with van der Waals surface area (Å²) in [5.41, 5.74) is 9.59. The second kappa shape index (κ2) is 6.46. The van der Waals surface area contributed by atoms with Crippen molar-refractivity contribution in [2.24, 2.45) is 11.7 Å². The van der Waals surface area contributed by atoms with E-state index in [-0.39, 0.29) is 46.4 Å². The summed E-state index contributed by atoms with van der Waals surface area (Å²) in [7, 11) is 0. The van der Waals surface area contributed by atoms with Crippen molar-refractivity contribution in [2.75, 3.05) is 5.73 Å². The molecule has 0 aliphatic carbocycles. The first kappa shape index (κ1) is 14.9. The summed E-state index contributed by atoms with van der Waals surface area (Å²) < 4.78 is 0. The summed E-state index contributed by atoms with van der Waals surface area (Å²) in [6.07, 6.45) is 0. The van der Waals surface area contributed by atoms with Gasteiger partial charge in [0.15, 0.2) is 0 Å². The van der Waals surface area contributed by atoms with Crippen LogP contribution in [0, 0.1) is 0 Å². The van der Waals surface area contributed by atoms with Crippen LogP contribution in [0.15, 0.2) is 18.2 Å². The molecule has 82 valence electrons. The summed E-state index contributed by atoms with van der Waals surface area (Å²) in [5, 5.41) is 0. The first-order chi connectivity index (χ1) is 7.11. The Labute approximate surface area is 114 Å². The Balaban J connectivity index is 0.00000225. The zero-order valence-electron chi connectivity index (χ0n) is 7.78. The molecule has 0 aromatic heterocycles. The predicted octanol–water partition coefficient (Wildman–Crippen LogP) is -2.17. The van der Waals surface area contributed by atoms with Gasteiger partial charge in [-0.2, -0.15) is 0 Å². The van der Waals surface area contributed by atoms with Crippen LogP contribution in [0.2, 0.25) is 0 Å². The summed E-state index contributed by atoms with van der Waals surface area (Å²) >= 11 is 0. The number of carbonyl (C=O) groups excluding carboxylic acids is 2. The van der Waals surface area contributed by atoms with Gasteiger partial charge in [0.05, 0.1) is 11.1 Å². The Hall–Kier alpha value is -1.12. The Kier molecular flexibility index (Phi) is 6.01. The van der Waals surface area contributed by atoms with Crippen molar-refractivity contribution in [2.45, 2.75) is 0 Å². The van der Waals surface area contributed by atoms with Crippen molar-refractivity contribution in [3.05, 3.63) is 29.3 Å². The van der Waals surface area contributed by atoms with Gasteiger partial charge in [0.1, 0.15) is 0 Å². The minimum atomic E-state index is -0.647. The van der Waals surface area contributed by atoms with Crippen molar-refractivity contribution < 1.29 is 9.59 Å². The third-order valence-corrected chi connectivity index (χ3v) is 1.83. The fourth-order valence-electron chi connectivity index (χ4n) is 1.16. The molecule has 0 radical (unpaired) electrons. The van der Waals surface area contributed by atoms with Gasteiger partial charge in [-0.25, -0.2) is 11.7 Å². The van der Waals surface area contributed by atoms with Crippen LogP contribution in [0.25, 0.3) is 0 Å². The van der Waals surface area contributed by atoms with Crippen LogP contribution in [0.1, 0.15) is 20.7 Å². The topological polar surface area (TPSA) is 136 Å². The predicted molar refractivity (Wildman–Crippen MR) is 61.3 cm³/mol. The number of nitrogens with two attached hydrogens (primary N) is 3. The van der Waals surface area contributed by atoms with Crippen LogP contribution >= 0.6 is 0 Å². The van der Waals surface area contributed by atoms with E-state index in [2.05, 4.69) is 0 Å². The first-order valence-corrected chi connectivity index (χ1v) is 4.02. The molecule has 1 aromatic rings. The molecule has 0 aliphatic heterocycles. The third kappa shape index (κ3) is 2.94. The average molecular weight is 233 g/mol. The van der Waals surface area contributed by atoms with Gasteiger partial charge in [-0.3, -0.25) is 20.4 Å². The van der Waals surface area contributed by atoms with Gasteiger partial charge in [-0.15, -0.1) is 0 Å². The van der Waals surface area contributed by atoms with Gasteiger partial charge in [0.2, 0.25) is 0 Å². The molecule has 0 atom stereocenters. The molecule has 2 amide bonds. The van der Waals surface area contributed by atoms with Crippen LogP contribution < -0.4 is 28.3 Å². The molecular weight excluding hydrogens is 221 g/mol. The Bertz CT molecular complexity index is 409. The van der Waals surface area contributed by atoms with Gasteiger partial charge >= 0.3 is 29.6 Å². The number of hydrazine groups is 2. The second-order valence-electron chi connectivity index (χ2n) is 2.72. The molecule has 8 heteroatoms. The molecule has 0 fully saturated rings. The molecule has 1 aromatic carbocycles. The molecule has 0 aliphatic rings. The van der Waals surface area contributed by atoms with E-state index in [1.807, 2.05) is 10.9 Å². The van der Waals surface area contributed by atoms with E-state index in [0.29, 0.717) is 0 Å². The molecule has 16 heavy (non-hydrogen) atoms. The number of amides is 2. The van der Waals surface area contributed by atoms with Crippen molar-refractivity contribution in [1.29, 1.82) is 0 Å². The first-order valence-electron chi connectivity index (χ1n) is 4.02. The molecule has 7 nitrogen and oxygen atoms in total. The zero-order chi connectivity index (χ0) is 11.4. The zero-order valence-corrected chi connectivity index (χ0v) is 7.78. The number of carbonyl (C=O) groups is 2. The number of nitrogens with one attached hydrogen (secondary N) is 2. The Morgan fingerprint density at radius 2 is 1.62 bits per heavy atom. The molecule has 0 heterocycles. The maximum atomic E-state index is 11.3. The Morgan fingerprint density at radius 1 is 1.06 bits per heavy atom. The molecule has 8 N–H and O–H groups in total. The summed E-state index contributed by atoms with van der Waals surface area (Å²) in [6.45, 7) is 0. The van der Waals surface area contributed by atoms with Crippen LogP contribution in [0.4, 0.5) is 5.69 Å². The molecule has 0 spiro atoms. The van der Waals surface area contributed by atoms with E-state index in [0.717, 1.165) is 0 Å². The number of benzene rings is 1. The number of hydrogen-bond acceptors (Lipinski definition) is 5. The maximum absolute atomic E-state index is 11.3. The van der Waals surface area contributed by atoms with Gasteiger partial charge in [0.25, 0.3) is 11.8 Å². The second-order valence-corrected chi connectivity index (χ2v) is 2.72. The number of nitrogen functional groups attached to an aromatic ring is 3. The van der Waals surface area contributed by atoms with Gasteiger partial charge in [-0.05, 0) is 12.1 Å². The van der Waals surface area contributed by atoms with E-state index >= 15 is 0 Å². The summed E-state index contributed by atoms with van der Waals surface area (Å²) in [6, 6.07) is 4.44. The number of hydrogen-bond donors (Lipinski definition) is 5. The molecule has 0 unspecified atom stereocenters. The fourth-order valence-corrected chi connectivity index (χ4v) is 1.16. The van der Waals surface area contributed by atoms with Crippen LogP contribution in [0.3, 0.4) is 0 Å². The van der Waals surface area contributed by atoms with Gasteiger partial charge in [-0.1, -0.05) is 6.07 Å². The standard InChI is InChI=1S/C8H11N5O2.Na.H/c9-5-3-1-2-4(7(14)12-10)6(5)8(15)13-11;;/h1-3H,9-11H2,(H,12,14)(H,13,15);;. The minimum absolute atomic E-state index is 0. The van der Waals surface area contributed by atoms with Crippen LogP contribution in [0.5, 0.6) is 0 Å². The normalized spacial score (nSPS) is 8.88. The summed E-state index contributed by atoms with van der Waals surface area (Å²) in [5.74, 6) is 8.67. The van der Waals surface area contributed by atoms with Crippen molar-refractivity contribution >= 4 is 47.1 Å². The number of rotatable bonds is 2.